The number of hydrogen-bond donors (Lipinski definition) is 0. The number of piperidine rings is 2. The van der Waals surface area contributed by atoms with Crippen LogP contribution in [0.5, 0.6) is 11.5 Å². The number of halogens is 3. The van der Waals surface area contributed by atoms with Crippen molar-refractivity contribution in [1.82, 2.24) is 19.9 Å². The van der Waals surface area contributed by atoms with Crippen molar-refractivity contribution in [3.63, 3.8) is 0 Å². The Bertz CT molecular complexity index is 2980. The first-order valence-electron chi connectivity index (χ1n) is 23.5. The Morgan fingerprint density at radius 2 is 0.853 bits per heavy atom. The molecule has 0 saturated carbocycles. The molecule has 6 aromatic carbocycles. The van der Waals surface area contributed by atoms with Gasteiger partial charge in [-0.1, -0.05) is 96.5 Å². The third kappa shape index (κ3) is 8.22. The highest BCUT2D eigenvalue weighted by molar-refractivity contribution is 6.36. The molecule has 2 saturated heterocycles. The van der Waals surface area contributed by atoms with Gasteiger partial charge in [-0.15, -0.1) is 0 Å². The van der Waals surface area contributed by atoms with E-state index < -0.39 is 11.2 Å². The molecule has 0 spiro atoms. The van der Waals surface area contributed by atoms with Crippen molar-refractivity contribution >= 4 is 80.1 Å². The Labute approximate surface area is 411 Å². The normalized spacial score (nSPS) is 19.6. The summed E-state index contributed by atoms with van der Waals surface area (Å²) in [4.78, 5) is 22.2. The van der Waals surface area contributed by atoms with Gasteiger partial charge < -0.3 is 19.3 Å². The lowest BCUT2D eigenvalue weighted by Gasteiger charge is -2.37. The standard InChI is InChI=1S/C29H26ClN3O.C28H23Cl2N3O/c1-20-27-24-16-17-29(21-8-4-2-5-9-21,34-26(24)15-14-25(27)32-28(30)31-20)22-10-12-23(13-11-22)33-18-6-3-7-19-33;29-26-25-22-15-16-28(19-7-3-1-4-8-19,34-24(22)14-13-23(25)31-27(30)32-26)20-9-11-21(12-10-20)33-17-5-2-6-18-33/h2,4-5,8-17H,3,6-7,18-19H2,1H3;1,3-4,7-16H,2,5-6,17-18H2. The predicted octanol–water partition coefficient (Wildman–Crippen LogP) is 14.2. The molecule has 0 N–H and O–H groups in total. The number of ether oxygens (including phenoxy) is 2. The van der Waals surface area contributed by atoms with Gasteiger partial charge in [-0.25, -0.2) is 19.9 Å². The molecule has 11 heteroatoms. The largest absolute Gasteiger partial charge is 0.473 e. The van der Waals surface area contributed by atoms with Gasteiger partial charge in [0.2, 0.25) is 10.6 Å². The molecule has 12 rings (SSSR count). The molecule has 4 aliphatic heterocycles. The molecule has 0 bridgehead atoms. The van der Waals surface area contributed by atoms with Crippen LogP contribution in [0.25, 0.3) is 34.0 Å². The summed E-state index contributed by atoms with van der Waals surface area (Å²) in [6.07, 6.45) is 16.2. The molecule has 0 aliphatic carbocycles. The van der Waals surface area contributed by atoms with Crippen molar-refractivity contribution in [2.75, 3.05) is 36.0 Å². The zero-order valence-corrected chi connectivity index (χ0v) is 40.0. The average Bonchev–Trinajstić information content (AvgIpc) is 3.39. The molecule has 2 aromatic heterocycles. The van der Waals surface area contributed by atoms with Gasteiger partial charge in [-0.2, -0.15) is 0 Å². The van der Waals surface area contributed by atoms with E-state index >= 15 is 0 Å². The zero-order chi connectivity index (χ0) is 46.2. The van der Waals surface area contributed by atoms with Gasteiger partial charge in [-0.3, -0.25) is 0 Å². The van der Waals surface area contributed by atoms with Gasteiger partial charge >= 0.3 is 0 Å². The van der Waals surface area contributed by atoms with E-state index in [-0.39, 0.29) is 10.6 Å². The van der Waals surface area contributed by atoms with Crippen molar-refractivity contribution in [1.29, 1.82) is 0 Å². The highest BCUT2D eigenvalue weighted by Gasteiger charge is 2.39. The number of aryl methyl sites for hydroxylation is 1. The van der Waals surface area contributed by atoms with E-state index in [1.165, 1.54) is 49.9 Å². The Morgan fingerprint density at radius 1 is 0.441 bits per heavy atom. The van der Waals surface area contributed by atoms with Gasteiger partial charge in [0.15, 0.2) is 11.2 Å². The summed E-state index contributed by atoms with van der Waals surface area (Å²) in [5.74, 6) is 1.54. The summed E-state index contributed by atoms with van der Waals surface area (Å²) in [5.41, 5.74) is 9.58. The molecule has 8 nitrogen and oxygen atoms in total. The van der Waals surface area contributed by atoms with E-state index in [1.807, 2.05) is 55.5 Å². The van der Waals surface area contributed by atoms with Gasteiger partial charge in [0.1, 0.15) is 16.7 Å². The second kappa shape index (κ2) is 18.6. The number of aromatic nitrogens is 4. The number of rotatable bonds is 6. The molecular weight excluding hydrogens is 907 g/mol. The Hall–Kier alpha value is -6.45. The Balaban J connectivity index is 0.000000149. The Morgan fingerprint density at radius 3 is 1.32 bits per heavy atom. The smallest absolute Gasteiger partial charge is 0.224 e. The third-order valence-corrected chi connectivity index (χ3v) is 14.4. The molecule has 2 fully saturated rings. The number of hydrogen-bond acceptors (Lipinski definition) is 8. The number of nitrogens with zero attached hydrogens (tertiary/aromatic N) is 6. The Kier molecular flexibility index (Phi) is 12.0. The van der Waals surface area contributed by atoms with Crippen LogP contribution < -0.4 is 19.3 Å². The fourth-order valence-electron chi connectivity index (χ4n) is 10.3. The fourth-order valence-corrected chi connectivity index (χ4v) is 11.1. The summed E-state index contributed by atoms with van der Waals surface area (Å²) in [5, 5.41) is 2.42. The highest BCUT2D eigenvalue weighted by atomic mass is 35.5. The van der Waals surface area contributed by atoms with Crippen LogP contribution in [-0.4, -0.2) is 46.1 Å². The lowest BCUT2D eigenvalue weighted by atomic mass is 9.83. The lowest BCUT2D eigenvalue weighted by Crippen LogP contribution is -2.34. The van der Waals surface area contributed by atoms with Gasteiger partial charge in [-0.05, 0) is 141 Å². The maximum Gasteiger partial charge on any atom is 0.224 e. The molecule has 6 heterocycles. The van der Waals surface area contributed by atoms with Crippen LogP contribution >= 0.6 is 34.8 Å². The fraction of sp³-hybridized carbons (Fsp3) is 0.228. The minimum atomic E-state index is -0.762. The molecule has 68 heavy (non-hydrogen) atoms. The van der Waals surface area contributed by atoms with E-state index in [1.54, 1.807) is 0 Å². The van der Waals surface area contributed by atoms with Crippen molar-refractivity contribution in [2.24, 2.45) is 0 Å². The van der Waals surface area contributed by atoms with Gasteiger partial charge in [0.05, 0.1) is 16.7 Å². The van der Waals surface area contributed by atoms with E-state index in [2.05, 4.69) is 139 Å². The number of benzene rings is 6. The van der Waals surface area contributed by atoms with E-state index in [0.717, 1.165) is 93.0 Å². The maximum atomic E-state index is 6.88. The van der Waals surface area contributed by atoms with Crippen LogP contribution in [-0.2, 0) is 11.2 Å². The van der Waals surface area contributed by atoms with Crippen LogP contribution in [0.2, 0.25) is 15.7 Å². The molecule has 340 valence electrons. The second-order valence-corrected chi connectivity index (χ2v) is 18.9. The van der Waals surface area contributed by atoms with Crippen LogP contribution in [0.4, 0.5) is 11.4 Å². The van der Waals surface area contributed by atoms with Crippen LogP contribution in [0.15, 0.2) is 146 Å². The SMILES string of the molecule is Cc1nc(Cl)nc2ccc3c(c12)C=CC(c1ccccc1)(c1ccc(N2CCCCC2)cc1)O3.Clc1nc(Cl)c2c3c(ccc2n1)OC(c1ccccc1)(c1ccc(N2CCCCC2)cc1)C=C3. The van der Waals surface area contributed by atoms with Crippen molar-refractivity contribution in [3.05, 3.63) is 200 Å². The van der Waals surface area contributed by atoms with Crippen molar-refractivity contribution in [2.45, 2.75) is 56.7 Å². The minimum absolute atomic E-state index is 0.130. The molecule has 2 unspecified atom stereocenters. The van der Waals surface area contributed by atoms with Crippen molar-refractivity contribution < 1.29 is 9.47 Å². The van der Waals surface area contributed by atoms with E-state index in [9.17, 15) is 0 Å². The molecule has 0 amide bonds. The third-order valence-electron chi connectivity index (χ3n) is 13.8. The first kappa shape index (κ1) is 44.1. The van der Waals surface area contributed by atoms with E-state index in [4.69, 9.17) is 44.3 Å². The van der Waals surface area contributed by atoms with Crippen LogP contribution in [0.1, 0.15) is 77.6 Å². The van der Waals surface area contributed by atoms with Crippen LogP contribution in [0.3, 0.4) is 0 Å². The van der Waals surface area contributed by atoms with Gasteiger partial charge in [0, 0.05) is 81.7 Å². The molecule has 2 atom stereocenters. The number of fused-ring (bicyclic) bond motifs is 6. The first-order chi connectivity index (χ1) is 33.3. The summed E-state index contributed by atoms with van der Waals surface area (Å²) in [6.45, 7) is 6.46. The molecular formula is C57H49Cl3N6O2. The van der Waals surface area contributed by atoms with Gasteiger partial charge in [0.25, 0.3) is 0 Å². The van der Waals surface area contributed by atoms with Crippen molar-refractivity contribution in [3.8, 4) is 11.5 Å². The number of anilines is 2. The first-order valence-corrected chi connectivity index (χ1v) is 24.6. The highest BCUT2D eigenvalue weighted by Crippen LogP contribution is 2.47. The second-order valence-electron chi connectivity index (χ2n) is 17.9. The zero-order valence-electron chi connectivity index (χ0n) is 37.7. The van der Waals surface area contributed by atoms with E-state index in [0.29, 0.717) is 10.7 Å². The monoisotopic (exact) mass is 954 g/mol. The molecule has 4 aliphatic rings. The quantitative estimate of drug-likeness (QED) is 0.121. The van der Waals surface area contributed by atoms with Crippen LogP contribution in [0, 0.1) is 6.92 Å². The average molecular weight is 956 g/mol. The summed E-state index contributed by atoms with van der Waals surface area (Å²) in [7, 11) is 0. The summed E-state index contributed by atoms with van der Waals surface area (Å²) >= 11 is 18.6. The minimum Gasteiger partial charge on any atom is -0.473 e. The summed E-state index contributed by atoms with van der Waals surface area (Å²) in [6, 6.07) is 46.2. The molecule has 0 radical (unpaired) electrons. The molecule has 8 aromatic rings. The maximum absolute atomic E-state index is 6.88. The summed E-state index contributed by atoms with van der Waals surface area (Å²) < 4.78 is 13.7. The predicted molar refractivity (Wildman–Crippen MR) is 278 cm³/mol. The lowest BCUT2D eigenvalue weighted by molar-refractivity contribution is 0.161. The topological polar surface area (TPSA) is 76.5 Å².